The molecule has 0 N–H and O–H groups in total. The van der Waals surface area contributed by atoms with Gasteiger partial charge in [0.15, 0.2) is 0 Å². The Balaban J connectivity index is 0. The maximum Gasteiger partial charge on any atom is 0 e. The molecule has 0 saturated carbocycles. The van der Waals surface area contributed by atoms with E-state index in [0.717, 1.165) is 0 Å². The fourth-order valence-electron chi connectivity index (χ4n) is 0.838. The van der Waals surface area contributed by atoms with E-state index in [-0.39, 0.29) is 1.43 Å². The average Bonchev–Trinajstić information content (AvgIpc) is 2.10. The quantitative estimate of drug-likeness (QED) is 0.568. The summed E-state index contributed by atoms with van der Waals surface area (Å²) in [5, 5.41) is 0. The Labute approximate surface area is 71.7 Å². The molecule has 0 aromatic heterocycles. The molecular weight excluding hydrogens is 132 g/mol. The van der Waals surface area contributed by atoms with Gasteiger partial charge in [0.2, 0.25) is 0 Å². The monoisotopic (exact) mass is 152 g/mol. The second-order valence-corrected chi connectivity index (χ2v) is 2.57. The lowest BCUT2D eigenvalue weighted by molar-refractivity contribution is 0.867. The summed E-state index contributed by atoms with van der Waals surface area (Å²) in [4.78, 5) is 0. The van der Waals surface area contributed by atoms with Crippen molar-refractivity contribution in [1.82, 2.24) is 0 Å². The predicted octanol–water partition coefficient (Wildman–Crippen LogP) is 4.08. The Bertz CT molecular complexity index is 168. The Morgan fingerprint density at radius 2 is 1.45 bits per heavy atom. The molecular formula is C11H20. The van der Waals surface area contributed by atoms with Crippen LogP contribution in [0.15, 0.2) is 30.3 Å². The molecule has 0 saturated heterocycles. The molecule has 0 aliphatic heterocycles. The first kappa shape index (κ1) is 10.2. The van der Waals surface area contributed by atoms with Crippen LogP contribution in [0.3, 0.4) is 0 Å². The van der Waals surface area contributed by atoms with Crippen molar-refractivity contribution in [2.24, 2.45) is 0 Å². The Kier molecular flexibility index (Phi) is 5.54. The lowest BCUT2D eigenvalue weighted by Crippen LogP contribution is -1.83. The first-order valence-electron chi connectivity index (χ1n) is 4.35. The summed E-state index contributed by atoms with van der Waals surface area (Å²) in [6.07, 6.45) is 0. The maximum absolute atomic E-state index is 2.20. The van der Waals surface area contributed by atoms with Crippen molar-refractivity contribution < 1.29 is 1.43 Å². The van der Waals surface area contributed by atoms with Gasteiger partial charge in [0.25, 0.3) is 0 Å². The van der Waals surface area contributed by atoms with Gasteiger partial charge in [-0.1, -0.05) is 58.0 Å². The highest BCUT2D eigenvalue weighted by atomic mass is 14.0. The van der Waals surface area contributed by atoms with Gasteiger partial charge in [-0.2, -0.15) is 0 Å². The number of hydrogen-bond acceptors (Lipinski definition) is 0. The zero-order valence-electron chi connectivity index (χ0n) is 7.96. The normalized spacial score (nSPS) is 8.82. The standard InChI is InChI=1S/C9H12.C2H6.H2/c1-8(2)9-6-4-3-5-7-9;1-2;/h3-8H,1-2H3;1-2H3;1H. The van der Waals surface area contributed by atoms with Crippen LogP contribution in [0.2, 0.25) is 0 Å². The average molecular weight is 152 g/mol. The van der Waals surface area contributed by atoms with Crippen LogP contribution in [0.1, 0.15) is 40.6 Å². The van der Waals surface area contributed by atoms with E-state index >= 15 is 0 Å². The van der Waals surface area contributed by atoms with Gasteiger partial charge in [-0.25, -0.2) is 0 Å². The van der Waals surface area contributed by atoms with Crippen molar-refractivity contribution in [3.63, 3.8) is 0 Å². The van der Waals surface area contributed by atoms with Crippen LogP contribution in [-0.4, -0.2) is 0 Å². The minimum Gasteiger partial charge on any atom is -0.0683 e. The maximum atomic E-state index is 2.20. The van der Waals surface area contributed by atoms with Crippen molar-refractivity contribution in [2.45, 2.75) is 33.6 Å². The van der Waals surface area contributed by atoms with Crippen LogP contribution in [0, 0.1) is 0 Å². The molecule has 0 nitrogen and oxygen atoms in total. The van der Waals surface area contributed by atoms with E-state index in [1.165, 1.54) is 5.56 Å². The van der Waals surface area contributed by atoms with Gasteiger partial charge < -0.3 is 0 Å². The molecule has 0 heteroatoms. The molecule has 1 aromatic carbocycles. The van der Waals surface area contributed by atoms with Gasteiger partial charge in [0.1, 0.15) is 0 Å². The van der Waals surface area contributed by atoms with E-state index in [4.69, 9.17) is 0 Å². The number of rotatable bonds is 1. The fourth-order valence-corrected chi connectivity index (χ4v) is 0.838. The van der Waals surface area contributed by atoms with Gasteiger partial charge in [0.05, 0.1) is 0 Å². The number of benzene rings is 1. The molecule has 0 aliphatic rings. The smallest absolute Gasteiger partial charge is 0 e. The molecule has 0 radical (unpaired) electrons. The summed E-state index contributed by atoms with van der Waals surface area (Å²) >= 11 is 0. The largest absolute Gasteiger partial charge is 0.0683 e. The highest BCUT2D eigenvalue weighted by Gasteiger charge is 1.93. The SMILES string of the molecule is CC.CC(C)c1ccccc1.[HH]. The Morgan fingerprint density at radius 3 is 1.73 bits per heavy atom. The highest BCUT2D eigenvalue weighted by molar-refractivity contribution is 5.17. The summed E-state index contributed by atoms with van der Waals surface area (Å²) in [6.45, 7) is 8.41. The molecule has 0 atom stereocenters. The van der Waals surface area contributed by atoms with Crippen molar-refractivity contribution in [2.75, 3.05) is 0 Å². The topological polar surface area (TPSA) is 0 Å². The zero-order valence-corrected chi connectivity index (χ0v) is 7.96. The van der Waals surface area contributed by atoms with E-state index < -0.39 is 0 Å². The van der Waals surface area contributed by atoms with Gasteiger partial charge in [-0.3, -0.25) is 0 Å². The molecule has 0 unspecified atom stereocenters. The predicted molar refractivity (Wildman–Crippen MR) is 54.0 cm³/mol. The van der Waals surface area contributed by atoms with E-state index in [1.807, 2.05) is 19.9 Å². The third kappa shape index (κ3) is 3.82. The van der Waals surface area contributed by atoms with Crippen LogP contribution >= 0.6 is 0 Å². The van der Waals surface area contributed by atoms with Crippen molar-refractivity contribution in [3.8, 4) is 0 Å². The minimum atomic E-state index is 0. The van der Waals surface area contributed by atoms with Gasteiger partial charge >= 0.3 is 0 Å². The zero-order chi connectivity index (χ0) is 8.69. The lowest BCUT2D eigenvalue weighted by Gasteiger charge is -2.01. The first-order chi connectivity index (χ1) is 5.30. The van der Waals surface area contributed by atoms with Crippen molar-refractivity contribution in [3.05, 3.63) is 35.9 Å². The second kappa shape index (κ2) is 5.96. The summed E-state index contributed by atoms with van der Waals surface area (Å²) < 4.78 is 0. The Hall–Kier alpha value is -0.780. The summed E-state index contributed by atoms with van der Waals surface area (Å²) in [7, 11) is 0. The summed E-state index contributed by atoms with van der Waals surface area (Å²) in [5.74, 6) is 0.659. The van der Waals surface area contributed by atoms with Crippen molar-refractivity contribution in [1.29, 1.82) is 0 Å². The number of hydrogen-bond donors (Lipinski definition) is 0. The molecule has 0 aliphatic carbocycles. The third-order valence-electron chi connectivity index (χ3n) is 1.47. The van der Waals surface area contributed by atoms with E-state index in [1.54, 1.807) is 0 Å². The molecule has 0 spiro atoms. The van der Waals surface area contributed by atoms with E-state index in [9.17, 15) is 0 Å². The molecule has 0 bridgehead atoms. The molecule has 64 valence electrons. The van der Waals surface area contributed by atoms with Crippen LogP contribution in [0.5, 0.6) is 0 Å². The van der Waals surface area contributed by atoms with Crippen LogP contribution < -0.4 is 0 Å². The van der Waals surface area contributed by atoms with Crippen LogP contribution in [0.4, 0.5) is 0 Å². The minimum absolute atomic E-state index is 0. The fraction of sp³-hybridized carbons (Fsp3) is 0.455. The molecule has 0 heterocycles. The van der Waals surface area contributed by atoms with Crippen LogP contribution in [-0.2, 0) is 0 Å². The lowest BCUT2D eigenvalue weighted by atomic mass is 10.0. The first-order valence-corrected chi connectivity index (χ1v) is 4.35. The van der Waals surface area contributed by atoms with Crippen molar-refractivity contribution >= 4 is 0 Å². The third-order valence-corrected chi connectivity index (χ3v) is 1.47. The molecule has 1 aromatic rings. The van der Waals surface area contributed by atoms with E-state index in [2.05, 4.69) is 38.1 Å². The molecule has 1 rings (SSSR count). The highest BCUT2D eigenvalue weighted by Crippen LogP contribution is 2.11. The molecule has 0 fully saturated rings. The van der Waals surface area contributed by atoms with Crippen LogP contribution in [0.25, 0.3) is 0 Å². The second-order valence-electron chi connectivity index (χ2n) is 2.57. The van der Waals surface area contributed by atoms with Gasteiger partial charge in [-0.15, -0.1) is 0 Å². The Morgan fingerprint density at radius 1 is 1.00 bits per heavy atom. The van der Waals surface area contributed by atoms with E-state index in [0.29, 0.717) is 5.92 Å². The van der Waals surface area contributed by atoms with Gasteiger partial charge in [0, 0.05) is 1.43 Å². The summed E-state index contributed by atoms with van der Waals surface area (Å²) in [5.41, 5.74) is 1.41. The summed E-state index contributed by atoms with van der Waals surface area (Å²) in [6, 6.07) is 10.5. The molecule has 11 heavy (non-hydrogen) atoms. The van der Waals surface area contributed by atoms with Gasteiger partial charge in [-0.05, 0) is 11.5 Å². The molecule has 0 amide bonds.